The Morgan fingerprint density at radius 2 is 1.68 bits per heavy atom. The van der Waals surface area contributed by atoms with Crippen LogP contribution in [0.15, 0.2) is 53.4 Å². The third-order valence-corrected chi connectivity index (χ3v) is 5.31. The molecule has 2 amide bonds. The summed E-state index contributed by atoms with van der Waals surface area (Å²) >= 11 is 1.22. The van der Waals surface area contributed by atoms with Gasteiger partial charge in [-0.15, -0.1) is 11.8 Å². The summed E-state index contributed by atoms with van der Waals surface area (Å²) in [6.45, 7) is 3.81. The molecule has 0 atom stereocenters. The third kappa shape index (κ3) is 3.13. The lowest BCUT2D eigenvalue weighted by Crippen LogP contribution is -2.32. The van der Waals surface area contributed by atoms with Crippen LogP contribution < -0.4 is 4.90 Å². The van der Waals surface area contributed by atoms with Crippen molar-refractivity contribution in [2.24, 2.45) is 0 Å². The van der Waals surface area contributed by atoms with Crippen molar-refractivity contribution in [1.82, 2.24) is 0 Å². The van der Waals surface area contributed by atoms with Crippen molar-refractivity contribution in [3.8, 4) is 0 Å². The summed E-state index contributed by atoms with van der Waals surface area (Å²) in [5.41, 5.74) is 3.67. The molecule has 0 fully saturated rings. The number of hydrogen-bond acceptors (Lipinski definition) is 4. The number of nitrogens with zero attached hydrogens (tertiary/aromatic N) is 1. The molecule has 2 aromatic carbocycles. The van der Waals surface area contributed by atoms with Crippen LogP contribution in [0, 0.1) is 13.8 Å². The Bertz CT molecular complexity index is 858. The molecule has 0 radical (unpaired) electrons. The summed E-state index contributed by atoms with van der Waals surface area (Å²) < 4.78 is 0. The van der Waals surface area contributed by atoms with Crippen LogP contribution in [0.2, 0.25) is 0 Å². The number of carbonyl (C=O) groups excluding carboxylic acids is 2. The minimum atomic E-state index is -0.323. The summed E-state index contributed by atoms with van der Waals surface area (Å²) in [6, 6.07) is 14.8. The zero-order valence-corrected chi connectivity index (χ0v) is 15.0. The zero-order valence-electron chi connectivity index (χ0n) is 14.2. The SMILES string of the molecule is Cc1cccc(N2C(=O)C(SCCO)=C(c3ccccc3)C2=O)c1C. The molecule has 0 aliphatic carbocycles. The molecule has 1 aliphatic heterocycles. The van der Waals surface area contributed by atoms with E-state index in [-0.39, 0.29) is 18.4 Å². The number of imide groups is 1. The third-order valence-electron chi connectivity index (χ3n) is 4.26. The molecule has 0 aromatic heterocycles. The van der Waals surface area contributed by atoms with Gasteiger partial charge in [-0.25, -0.2) is 4.90 Å². The highest BCUT2D eigenvalue weighted by atomic mass is 32.2. The van der Waals surface area contributed by atoms with Crippen LogP contribution in [-0.4, -0.2) is 29.3 Å². The second kappa shape index (κ2) is 7.25. The maximum absolute atomic E-state index is 13.1. The van der Waals surface area contributed by atoms with Crippen LogP contribution in [-0.2, 0) is 9.59 Å². The first-order chi connectivity index (χ1) is 12.1. The van der Waals surface area contributed by atoms with Gasteiger partial charge in [0.2, 0.25) is 0 Å². The van der Waals surface area contributed by atoms with E-state index in [2.05, 4.69) is 0 Å². The number of aryl methyl sites for hydroxylation is 1. The molecule has 0 saturated carbocycles. The molecule has 0 spiro atoms. The van der Waals surface area contributed by atoms with E-state index >= 15 is 0 Å². The van der Waals surface area contributed by atoms with Crippen LogP contribution in [0.3, 0.4) is 0 Å². The van der Waals surface area contributed by atoms with E-state index in [4.69, 9.17) is 5.11 Å². The van der Waals surface area contributed by atoms with Crippen LogP contribution >= 0.6 is 11.8 Å². The normalized spacial score (nSPS) is 14.6. The maximum atomic E-state index is 13.1. The smallest absolute Gasteiger partial charge is 0.272 e. The number of thioether (sulfide) groups is 1. The van der Waals surface area contributed by atoms with Gasteiger partial charge in [-0.1, -0.05) is 42.5 Å². The van der Waals surface area contributed by atoms with E-state index < -0.39 is 0 Å². The highest BCUT2D eigenvalue weighted by Crippen LogP contribution is 2.39. The Morgan fingerprint density at radius 3 is 2.36 bits per heavy atom. The lowest BCUT2D eigenvalue weighted by Gasteiger charge is -2.19. The van der Waals surface area contributed by atoms with Crippen molar-refractivity contribution < 1.29 is 14.7 Å². The van der Waals surface area contributed by atoms with Gasteiger partial charge in [0.05, 0.1) is 22.8 Å². The largest absolute Gasteiger partial charge is 0.396 e. The number of hydrogen-bond donors (Lipinski definition) is 1. The first kappa shape index (κ1) is 17.5. The summed E-state index contributed by atoms with van der Waals surface area (Å²) in [5, 5.41) is 9.15. The van der Waals surface area contributed by atoms with Gasteiger partial charge < -0.3 is 5.11 Å². The minimum Gasteiger partial charge on any atom is -0.396 e. The quantitative estimate of drug-likeness (QED) is 0.838. The van der Waals surface area contributed by atoms with E-state index in [1.165, 1.54) is 16.7 Å². The Balaban J connectivity index is 2.11. The summed E-state index contributed by atoms with van der Waals surface area (Å²) in [5.74, 6) is -0.271. The Morgan fingerprint density at radius 1 is 0.960 bits per heavy atom. The van der Waals surface area contributed by atoms with Gasteiger partial charge in [0, 0.05) is 5.75 Å². The van der Waals surface area contributed by atoms with Gasteiger partial charge in [0.25, 0.3) is 11.8 Å². The second-order valence-corrected chi connectivity index (χ2v) is 6.91. The fraction of sp³-hybridized carbons (Fsp3) is 0.200. The molecule has 128 valence electrons. The van der Waals surface area contributed by atoms with E-state index in [0.717, 1.165) is 11.1 Å². The molecule has 25 heavy (non-hydrogen) atoms. The first-order valence-corrected chi connectivity index (χ1v) is 9.03. The average molecular weight is 353 g/mol. The van der Waals surface area contributed by atoms with Gasteiger partial charge in [-0.3, -0.25) is 9.59 Å². The number of anilines is 1. The molecular formula is C20H19NO3S. The van der Waals surface area contributed by atoms with Gasteiger partial charge in [0.1, 0.15) is 0 Å². The topological polar surface area (TPSA) is 57.6 Å². The van der Waals surface area contributed by atoms with Crippen molar-refractivity contribution in [2.45, 2.75) is 13.8 Å². The zero-order chi connectivity index (χ0) is 18.0. The van der Waals surface area contributed by atoms with Crippen molar-refractivity contribution in [3.63, 3.8) is 0 Å². The predicted molar refractivity (Wildman–Crippen MR) is 101 cm³/mol. The number of benzene rings is 2. The molecular weight excluding hydrogens is 334 g/mol. The number of aliphatic hydroxyl groups is 1. The predicted octanol–water partition coefficient (Wildman–Crippen LogP) is 3.31. The van der Waals surface area contributed by atoms with E-state index in [1.54, 1.807) is 6.07 Å². The number of aliphatic hydroxyl groups excluding tert-OH is 1. The standard InChI is InChI=1S/C20H19NO3S/c1-13-7-6-10-16(14(13)2)21-19(23)17(15-8-4-3-5-9-15)18(20(21)24)25-12-11-22/h3-10,22H,11-12H2,1-2H3. The number of amides is 2. The van der Waals surface area contributed by atoms with Crippen molar-refractivity contribution in [1.29, 1.82) is 0 Å². The highest BCUT2D eigenvalue weighted by molar-refractivity contribution is 8.04. The molecule has 2 aromatic rings. The van der Waals surface area contributed by atoms with Gasteiger partial charge in [-0.05, 0) is 36.6 Å². The average Bonchev–Trinajstić information content (AvgIpc) is 2.86. The van der Waals surface area contributed by atoms with Crippen molar-refractivity contribution in [2.75, 3.05) is 17.3 Å². The van der Waals surface area contributed by atoms with Gasteiger partial charge >= 0.3 is 0 Å². The molecule has 1 aliphatic rings. The molecule has 0 saturated heterocycles. The van der Waals surface area contributed by atoms with Crippen LogP contribution in [0.25, 0.3) is 5.57 Å². The van der Waals surface area contributed by atoms with Crippen LogP contribution in [0.5, 0.6) is 0 Å². The van der Waals surface area contributed by atoms with E-state index in [1.807, 2.05) is 56.3 Å². The Hall–Kier alpha value is -2.37. The number of rotatable bonds is 5. The molecule has 1 heterocycles. The monoisotopic (exact) mass is 353 g/mol. The fourth-order valence-corrected chi connectivity index (χ4v) is 3.71. The number of carbonyl (C=O) groups is 2. The maximum Gasteiger partial charge on any atom is 0.272 e. The molecule has 0 bridgehead atoms. The molecule has 1 N–H and O–H groups in total. The highest BCUT2D eigenvalue weighted by Gasteiger charge is 2.40. The molecule has 3 rings (SSSR count). The van der Waals surface area contributed by atoms with Gasteiger partial charge in [0.15, 0.2) is 0 Å². The molecule has 5 heteroatoms. The molecule has 4 nitrogen and oxygen atoms in total. The second-order valence-electron chi connectivity index (χ2n) is 5.81. The molecule has 0 unspecified atom stereocenters. The lowest BCUT2D eigenvalue weighted by atomic mass is 10.1. The Labute approximate surface area is 151 Å². The Kier molecular flexibility index (Phi) is 5.06. The van der Waals surface area contributed by atoms with E-state index in [9.17, 15) is 9.59 Å². The first-order valence-electron chi connectivity index (χ1n) is 8.04. The summed E-state index contributed by atoms with van der Waals surface area (Å²) in [6.07, 6.45) is 0. The summed E-state index contributed by atoms with van der Waals surface area (Å²) in [4.78, 5) is 27.8. The fourth-order valence-electron chi connectivity index (χ4n) is 2.85. The minimum absolute atomic E-state index is 0.0544. The van der Waals surface area contributed by atoms with Crippen LogP contribution in [0.4, 0.5) is 5.69 Å². The van der Waals surface area contributed by atoms with Crippen molar-refractivity contribution >= 4 is 34.8 Å². The van der Waals surface area contributed by atoms with Crippen molar-refractivity contribution in [3.05, 3.63) is 70.1 Å². The lowest BCUT2D eigenvalue weighted by molar-refractivity contribution is -0.119. The van der Waals surface area contributed by atoms with E-state index in [0.29, 0.717) is 27.5 Å². The summed E-state index contributed by atoms with van der Waals surface area (Å²) in [7, 11) is 0. The van der Waals surface area contributed by atoms with Crippen LogP contribution in [0.1, 0.15) is 16.7 Å². The van der Waals surface area contributed by atoms with Gasteiger partial charge in [-0.2, -0.15) is 0 Å².